The van der Waals surface area contributed by atoms with Gasteiger partial charge in [-0.15, -0.1) is 0 Å². The third kappa shape index (κ3) is 4.16. The molecule has 2 fully saturated rings. The van der Waals surface area contributed by atoms with Crippen molar-refractivity contribution in [3.05, 3.63) is 53.6 Å². The topological polar surface area (TPSA) is 112 Å². The summed E-state index contributed by atoms with van der Waals surface area (Å²) in [4.78, 5) is 28.2. The highest BCUT2D eigenvalue weighted by Crippen LogP contribution is 2.48. The van der Waals surface area contributed by atoms with Crippen LogP contribution < -0.4 is 10.5 Å². The number of likely N-dealkylation sites (tertiary alicyclic amines) is 1. The number of fused-ring (bicyclic) bond motifs is 1. The first-order valence-corrected chi connectivity index (χ1v) is 11.7. The van der Waals surface area contributed by atoms with E-state index in [-0.39, 0.29) is 17.9 Å². The van der Waals surface area contributed by atoms with Crippen molar-refractivity contribution in [1.29, 1.82) is 0 Å². The minimum absolute atomic E-state index is 0.0322. The quantitative estimate of drug-likeness (QED) is 0.601. The maximum Gasteiger partial charge on any atom is 0.272 e. The number of amides is 1. The Kier molecular flexibility index (Phi) is 5.39. The molecule has 0 unspecified atom stereocenters. The van der Waals surface area contributed by atoms with Gasteiger partial charge in [-0.2, -0.15) is 5.10 Å². The summed E-state index contributed by atoms with van der Waals surface area (Å²) in [6.45, 7) is 9.52. The molecule has 5 rings (SSSR count). The number of aryl methyl sites for hydroxylation is 1. The molecule has 3 atom stereocenters. The van der Waals surface area contributed by atoms with E-state index in [0.29, 0.717) is 48.0 Å². The molecule has 1 saturated carbocycles. The van der Waals surface area contributed by atoms with Crippen LogP contribution in [0.25, 0.3) is 11.5 Å². The summed E-state index contributed by atoms with van der Waals surface area (Å²) in [6.07, 6.45) is 3.40. The highest BCUT2D eigenvalue weighted by Gasteiger charge is 2.59. The minimum Gasteiger partial charge on any atom is -0.474 e. The summed E-state index contributed by atoms with van der Waals surface area (Å²) < 4.78 is 7.90. The number of pyridine rings is 1. The van der Waals surface area contributed by atoms with Gasteiger partial charge in [-0.25, -0.2) is 15.0 Å². The van der Waals surface area contributed by atoms with Crippen LogP contribution in [0.3, 0.4) is 0 Å². The van der Waals surface area contributed by atoms with Crippen LogP contribution in [0.4, 0.5) is 0 Å². The van der Waals surface area contributed by atoms with Gasteiger partial charge >= 0.3 is 0 Å². The fourth-order valence-electron chi connectivity index (χ4n) is 4.58. The summed E-state index contributed by atoms with van der Waals surface area (Å²) >= 11 is 0. The Morgan fingerprint density at radius 1 is 1.15 bits per heavy atom. The molecule has 0 radical (unpaired) electrons. The van der Waals surface area contributed by atoms with Crippen molar-refractivity contribution in [2.45, 2.75) is 45.3 Å². The van der Waals surface area contributed by atoms with Gasteiger partial charge in [0.1, 0.15) is 17.5 Å². The van der Waals surface area contributed by atoms with Gasteiger partial charge < -0.3 is 15.4 Å². The second-order valence-corrected chi connectivity index (χ2v) is 10.2. The fourth-order valence-corrected chi connectivity index (χ4v) is 4.58. The zero-order valence-electron chi connectivity index (χ0n) is 20.3. The predicted molar refractivity (Wildman–Crippen MR) is 127 cm³/mol. The Bertz CT molecular complexity index is 1200. The normalized spacial score (nSPS) is 21.6. The number of carbonyl (C=O) groups excluding carboxylic acids is 1. The number of hydrogen-bond acceptors (Lipinski definition) is 7. The number of ether oxygens (including phenoxy) is 1. The van der Waals surface area contributed by atoms with E-state index in [0.717, 1.165) is 11.3 Å². The maximum absolute atomic E-state index is 13.2. The number of carbonyl (C=O) groups is 1. The first-order valence-electron chi connectivity index (χ1n) is 11.7. The summed E-state index contributed by atoms with van der Waals surface area (Å²) in [6, 6.07) is 7.52. The van der Waals surface area contributed by atoms with Crippen LogP contribution in [0.2, 0.25) is 0 Å². The monoisotopic (exact) mass is 461 g/mol. The highest BCUT2D eigenvalue weighted by atomic mass is 16.5. The third-order valence-corrected chi connectivity index (χ3v) is 6.71. The second-order valence-electron chi connectivity index (χ2n) is 10.2. The molecule has 0 spiro atoms. The van der Waals surface area contributed by atoms with Crippen molar-refractivity contribution < 1.29 is 9.53 Å². The van der Waals surface area contributed by atoms with E-state index in [4.69, 9.17) is 15.5 Å². The number of hydrogen-bond donors (Lipinski definition) is 1. The minimum atomic E-state index is -0.472. The van der Waals surface area contributed by atoms with E-state index in [1.165, 1.54) is 0 Å². The molecule has 2 N–H and O–H groups in total. The smallest absolute Gasteiger partial charge is 0.272 e. The Morgan fingerprint density at radius 3 is 2.44 bits per heavy atom. The van der Waals surface area contributed by atoms with Crippen LogP contribution in [-0.2, 0) is 12.6 Å². The molecule has 9 heteroatoms. The first-order chi connectivity index (χ1) is 16.1. The number of nitrogens with zero attached hydrogens (tertiary/aromatic N) is 6. The largest absolute Gasteiger partial charge is 0.474 e. The second kappa shape index (κ2) is 8.16. The van der Waals surface area contributed by atoms with E-state index < -0.39 is 5.54 Å². The van der Waals surface area contributed by atoms with Gasteiger partial charge in [-0.05, 0) is 37.5 Å². The summed E-state index contributed by atoms with van der Waals surface area (Å²) in [5.41, 5.74) is 8.98. The average molecular weight is 462 g/mol. The van der Waals surface area contributed by atoms with Crippen LogP contribution in [0.15, 0.2) is 36.7 Å². The lowest BCUT2D eigenvalue weighted by Crippen LogP contribution is -2.34. The Hall–Kier alpha value is -3.33. The maximum atomic E-state index is 13.2. The molecule has 1 aliphatic heterocycles. The lowest BCUT2D eigenvalue weighted by molar-refractivity contribution is 0.0740. The van der Waals surface area contributed by atoms with Gasteiger partial charge in [0, 0.05) is 67.7 Å². The van der Waals surface area contributed by atoms with Gasteiger partial charge in [-0.1, -0.05) is 13.8 Å². The van der Waals surface area contributed by atoms with Crippen LogP contribution >= 0.6 is 0 Å². The van der Waals surface area contributed by atoms with Gasteiger partial charge in [0.25, 0.3) is 5.91 Å². The van der Waals surface area contributed by atoms with Crippen molar-refractivity contribution in [2.24, 2.45) is 24.6 Å². The van der Waals surface area contributed by atoms with Crippen LogP contribution in [-0.4, -0.2) is 54.7 Å². The molecule has 3 aromatic rings. The highest BCUT2D eigenvalue weighted by molar-refractivity contribution is 5.94. The Morgan fingerprint density at radius 2 is 1.82 bits per heavy atom. The summed E-state index contributed by atoms with van der Waals surface area (Å²) in [5, 5.41) is 4.43. The van der Waals surface area contributed by atoms with Crippen LogP contribution in [0, 0.1) is 11.8 Å². The molecule has 0 bridgehead atoms. The molecule has 2 aliphatic rings. The average Bonchev–Trinajstić information content (AvgIpc) is 3.14. The molecule has 1 aliphatic carbocycles. The zero-order chi connectivity index (χ0) is 24.2. The van der Waals surface area contributed by atoms with Gasteiger partial charge in [0.2, 0.25) is 5.88 Å². The van der Waals surface area contributed by atoms with E-state index in [2.05, 4.69) is 35.0 Å². The predicted octanol–water partition coefficient (Wildman–Crippen LogP) is 2.74. The summed E-state index contributed by atoms with van der Waals surface area (Å²) in [7, 11) is 1.77. The SMILES string of the molecule is CC(C)c1cc(C(C)(C)N)cc(O[C@H]2[C@@H]3CN(C(=O)c4cc(-c5ncccn5)nn4C)C[C@@H]32)n1. The standard InChI is InChI=1S/C25H31N7O2/c1-14(2)18-9-15(25(3,4)26)10-21(29-18)34-22-16-12-32(13-17(16)22)24(33)20-11-19(30-31(20)5)23-27-7-6-8-28-23/h6-11,14,16-17,22H,12-13,26H2,1-5H3/t16-,17+,22+. The van der Waals surface area contributed by atoms with Crippen LogP contribution in [0.5, 0.6) is 5.88 Å². The van der Waals surface area contributed by atoms with E-state index in [1.807, 2.05) is 24.8 Å². The lowest BCUT2D eigenvalue weighted by atomic mass is 9.94. The number of rotatable bonds is 6. The number of nitrogens with two attached hydrogens (primary N) is 1. The van der Waals surface area contributed by atoms with Crippen molar-refractivity contribution in [2.75, 3.05) is 13.1 Å². The molecule has 9 nitrogen and oxygen atoms in total. The van der Waals surface area contributed by atoms with Crippen LogP contribution in [0.1, 0.15) is 55.4 Å². The number of piperidine rings is 1. The molecule has 178 valence electrons. The zero-order valence-corrected chi connectivity index (χ0v) is 20.3. The van der Waals surface area contributed by atoms with Gasteiger partial charge in [0.15, 0.2) is 5.82 Å². The molecule has 3 aromatic heterocycles. The third-order valence-electron chi connectivity index (χ3n) is 6.71. The molecule has 1 amide bonds. The van der Waals surface area contributed by atoms with Gasteiger partial charge in [0.05, 0.1) is 0 Å². The van der Waals surface area contributed by atoms with E-state index in [9.17, 15) is 4.79 Å². The molecule has 4 heterocycles. The molecule has 0 aromatic carbocycles. The fraction of sp³-hybridized carbons (Fsp3) is 0.480. The Balaban J connectivity index is 1.26. The molecule has 34 heavy (non-hydrogen) atoms. The van der Waals surface area contributed by atoms with E-state index in [1.54, 1.807) is 36.3 Å². The molecular weight excluding hydrogens is 430 g/mol. The molecule has 1 saturated heterocycles. The molecular formula is C25H31N7O2. The summed E-state index contributed by atoms with van der Waals surface area (Å²) in [5.74, 6) is 2.00. The van der Waals surface area contributed by atoms with Gasteiger partial charge in [-0.3, -0.25) is 9.48 Å². The lowest BCUT2D eigenvalue weighted by Gasteiger charge is -2.23. The van der Waals surface area contributed by atoms with Crippen molar-refractivity contribution in [3.8, 4) is 17.4 Å². The van der Waals surface area contributed by atoms with E-state index >= 15 is 0 Å². The number of aromatic nitrogens is 5. The first kappa shape index (κ1) is 22.5. The van der Waals surface area contributed by atoms with Crippen molar-refractivity contribution in [3.63, 3.8) is 0 Å². The Labute approximate surface area is 199 Å². The van der Waals surface area contributed by atoms with Crippen molar-refractivity contribution >= 4 is 5.91 Å². The van der Waals surface area contributed by atoms with Crippen molar-refractivity contribution in [1.82, 2.24) is 29.6 Å².